The molecular weight excluding hydrogens is 170 g/mol. The SMILES string of the molecule is NC1CCCCC1OCC(O)CO. The van der Waals surface area contributed by atoms with Gasteiger partial charge in [-0.25, -0.2) is 0 Å². The third kappa shape index (κ3) is 3.60. The van der Waals surface area contributed by atoms with Gasteiger partial charge < -0.3 is 20.7 Å². The molecule has 4 N–H and O–H groups in total. The van der Waals surface area contributed by atoms with E-state index in [1.807, 2.05) is 0 Å². The summed E-state index contributed by atoms with van der Waals surface area (Å²) in [5.41, 5.74) is 5.84. The summed E-state index contributed by atoms with van der Waals surface area (Å²) in [7, 11) is 0. The van der Waals surface area contributed by atoms with E-state index in [4.69, 9.17) is 20.7 Å². The molecule has 1 aliphatic carbocycles. The van der Waals surface area contributed by atoms with Crippen LogP contribution in [0.5, 0.6) is 0 Å². The molecule has 0 aromatic rings. The number of hydrogen-bond donors (Lipinski definition) is 3. The first-order chi connectivity index (χ1) is 6.24. The smallest absolute Gasteiger partial charge is 0.100 e. The molecule has 1 aliphatic rings. The molecule has 78 valence electrons. The highest BCUT2D eigenvalue weighted by atomic mass is 16.5. The van der Waals surface area contributed by atoms with Crippen LogP contribution < -0.4 is 5.73 Å². The number of ether oxygens (including phenoxy) is 1. The highest BCUT2D eigenvalue weighted by molar-refractivity contribution is 4.78. The minimum Gasteiger partial charge on any atom is -0.394 e. The van der Waals surface area contributed by atoms with Crippen molar-refractivity contribution in [1.29, 1.82) is 0 Å². The van der Waals surface area contributed by atoms with E-state index < -0.39 is 6.10 Å². The quantitative estimate of drug-likeness (QED) is 0.564. The Morgan fingerprint density at radius 2 is 2.08 bits per heavy atom. The molecule has 0 bridgehead atoms. The Labute approximate surface area is 78.7 Å². The molecule has 3 atom stereocenters. The fourth-order valence-electron chi connectivity index (χ4n) is 1.62. The lowest BCUT2D eigenvalue weighted by molar-refractivity contribution is -0.0463. The zero-order valence-corrected chi connectivity index (χ0v) is 7.85. The van der Waals surface area contributed by atoms with Crippen LogP contribution in [0, 0.1) is 0 Å². The van der Waals surface area contributed by atoms with Crippen molar-refractivity contribution < 1.29 is 14.9 Å². The van der Waals surface area contributed by atoms with E-state index >= 15 is 0 Å². The van der Waals surface area contributed by atoms with Crippen molar-refractivity contribution in [1.82, 2.24) is 0 Å². The van der Waals surface area contributed by atoms with E-state index in [-0.39, 0.29) is 25.4 Å². The van der Waals surface area contributed by atoms with Crippen LogP contribution >= 0.6 is 0 Å². The van der Waals surface area contributed by atoms with Crippen LogP contribution in [0.15, 0.2) is 0 Å². The summed E-state index contributed by atoms with van der Waals surface area (Å²) in [6.07, 6.45) is 3.58. The Morgan fingerprint density at radius 3 is 2.69 bits per heavy atom. The number of nitrogens with two attached hydrogens (primary N) is 1. The standard InChI is InChI=1S/C9H19NO3/c10-8-3-1-2-4-9(8)13-6-7(12)5-11/h7-9,11-12H,1-6,10H2. The Kier molecular flexibility index (Phi) is 4.66. The molecule has 4 nitrogen and oxygen atoms in total. The van der Waals surface area contributed by atoms with E-state index in [2.05, 4.69) is 0 Å². The van der Waals surface area contributed by atoms with Gasteiger partial charge in [-0.2, -0.15) is 0 Å². The van der Waals surface area contributed by atoms with Gasteiger partial charge in [-0.1, -0.05) is 12.8 Å². The van der Waals surface area contributed by atoms with Gasteiger partial charge in [0.05, 0.1) is 19.3 Å². The Bertz CT molecular complexity index is 143. The molecular formula is C9H19NO3. The van der Waals surface area contributed by atoms with E-state index in [1.165, 1.54) is 6.42 Å². The van der Waals surface area contributed by atoms with Crippen molar-refractivity contribution >= 4 is 0 Å². The molecule has 1 saturated carbocycles. The van der Waals surface area contributed by atoms with Crippen molar-refractivity contribution in [3.05, 3.63) is 0 Å². The lowest BCUT2D eigenvalue weighted by Gasteiger charge is -2.29. The van der Waals surface area contributed by atoms with Gasteiger partial charge in [-0.3, -0.25) is 0 Å². The fourth-order valence-corrected chi connectivity index (χ4v) is 1.62. The summed E-state index contributed by atoms with van der Waals surface area (Å²) in [4.78, 5) is 0. The van der Waals surface area contributed by atoms with Crippen LogP contribution in [-0.2, 0) is 4.74 Å². The minimum absolute atomic E-state index is 0.0648. The molecule has 0 aromatic heterocycles. The maximum Gasteiger partial charge on any atom is 0.100 e. The summed E-state index contributed by atoms with van der Waals surface area (Å²) in [6, 6.07) is 0.0969. The first-order valence-corrected chi connectivity index (χ1v) is 4.90. The summed E-state index contributed by atoms with van der Waals surface area (Å²) in [5.74, 6) is 0. The van der Waals surface area contributed by atoms with E-state index in [9.17, 15) is 0 Å². The molecule has 3 unspecified atom stereocenters. The second-order valence-electron chi connectivity index (χ2n) is 3.66. The topological polar surface area (TPSA) is 75.7 Å². The van der Waals surface area contributed by atoms with E-state index in [0.29, 0.717) is 0 Å². The monoisotopic (exact) mass is 189 g/mol. The van der Waals surface area contributed by atoms with Crippen LogP contribution in [0.4, 0.5) is 0 Å². The molecule has 13 heavy (non-hydrogen) atoms. The maximum absolute atomic E-state index is 9.06. The molecule has 0 aromatic carbocycles. The minimum atomic E-state index is -0.769. The molecule has 0 heterocycles. The normalized spacial score (nSPS) is 31.6. The highest BCUT2D eigenvalue weighted by Crippen LogP contribution is 2.19. The average Bonchev–Trinajstić information content (AvgIpc) is 2.16. The van der Waals surface area contributed by atoms with Crippen molar-refractivity contribution in [3.63, 3.8) is 0 Å². The molecule has 0 radical (unpaired) electrons. The van der Waals surface area contributed by atoms with Crippen LogP contribution in [0.3, 0.4) is 0 Å². The largest absolute Gasteiger partial charge is 0.394 e. The number of hydrogen-bond acceptors (Lipinski definition) is 4. The highest BCUT2D eigenvalue weighted by Gasteiger charge is 2.22. The summed E-state index contributed by atoms with van der Waals surface area (Å²) < 4.78 is 5.41. The van der Waals surface area contributed by atoms with Crippen LogP contribution in [0.25, 0.3) is 0 Å². The predicted molar refractivity (Wildman–Crippen MR) is 49.3 cm³/mol. The van der Waals surface area contributed by atoms with Crippen molar-refractivity contribution in [2.75, 3.05) is 13.2 Å². The second kappa shape index (κ2) is 5.54. The van der Waals surface area contributed by atoms with Crippen molar-refractivity contribution in [2.45, 2.75) is 43.9 Å². The van der Waals surface area contributed by atoms with Crippen molar-refractivity contribution in [3.8, 4) is 0 Å². The van der Waals surface area contributed by atoms with E-state index in [1.54, 1.807) is 0 Å². The van der Waals surface area contributed by atoms with Gasteiger partial charge in [-0.15, -0.1) is 0 Å². The van der Waals surface area contributed by atoms with Gasteiger partial charge in [0.1, 0.15) is 6.10 Å². The van der Waals surface area contributed by atoms with Gasteiger partial charge in [0.25, 0.3) is 0 Å². The molecule has 0 aliphatic heterocycles. The maximum atomic E-state index is 9.06. The van der Waals surface area contributed by atoms with E-state index in [0.717, 1.165) is 19.3 Å². The Morgan fingerprint density at radius 1 is 1.38 bits per heavy atom. The van der Waals surface area contributed by atoms with Gasteiger partial charge >= 0.3 is 0 Å². The molecule has 0 amide bonds. The first kappa shape index (κ1) is 10.9. The average molecular weight is 189 g/mol. The molecule has 4 heteroatoms. The van der Waals surface area contributed by atoms with Gasteiger partial charge in [0.15, 0.2) is 0 Å². The number of rotatable bonds is 4. The number of aliphatic hydroxyl groups excluding tert-OH is 2. The Balaban J connectivity index is 2.18. The van der Waals surface area contributed by atoms with Crippen LogP contribution in [0.1, 0.15) is 25.7 Å². The molecule has 1 fully saturated rings. The number of aliphatic hydroxyl groups is 2. The summed E-state index contributed by atoms with van der Waals surface area (Å²) in [5, 5.41) is 17.6. The first-order valence-electron chi connectivity index (χ1n) is 4.90. The third-order valence-electron chi connectivity index (χ3n) is 2.47. The van der Waals surface area contributed by atoms with Crippen LogP contribution in [0.2, 0.25) is 0 Å². The van der Waals surface area contributed by atoms with Gasteiger partial charge in [0.2, 0.25) is 0 Å². The zero-order valence-electron chi connectivity index (χ0n) is 7.85. The summed E-state index contributed by atoms with van der Waals surface area (Å²) >= 11 is 0. The lowest BCUT2D eigenvalue weighted by atomic mass is 9.93. The predicted octanol–water partition coefficient (Wildman–Crippen LogP) is -0.374. The van der Waals surface area contributed by atoms with Gasteiger partial charge in [-0.05, 0) is 12.8 Å². The van der Waals surface area contributed by atoms with Crippen LogP contribution in [-0.4, -0.2) is 41.7 Å². The zero-order chi connectivity index (χ0) is 9.68. The van der Waals surface area contributed by atoms with Gasteiger partial charge in [0, 0.05) is 6.04 Å². The fraction of sp³-hybridized carbons (Fsp3) is 1.00. The Hall–Kier alpha value is -0.160. The molecule has 0 saturated heterocycles. The molecule has 0 spiro atoms. The molecule has 1 rings (SSSR count). The lowest BCUT2D eigenvalue weighted by Crippen LogP contribution is -2.41. The second-order valence-corrected chi connectivity index (χ2v) is 3.66. The third-order valence-corrected chi connectivity index (χ3v) is 2.47. The summed E-state index contributed by atoms with van der Waals surface area (Å²) in [6.45, 7) is -0.0587. The van der Waals surface area contributed by atoms with Crippen molar-refractivity contribution in [2.24, 2.45) is 5.73 Å².